The fourth-order valence-electron chi connectivity index (χ4n) is 5.42. The molecule has 2 aromatic carbocycles. The molecule has 1 unspecified atom stereocenters. The molecular weight excluding hydrogens is 472 g/mol. The van der Waals surface area contributed by atoms with Crippen molar-refractivity contribution in [1.29, 1.82) is 0 Å². The summed E-state index contributed by atoms with van der Waals surface area (Å²) in [6.45, 7) is 3.79. The maximum Gasteiger partial charge on any atom is 0.267 e. The van der Waals surface area contributed by atoms with Gasteiger partial charge in [-0.25, -0.2) is 5.48 Å². The topological polar surface area (TPSA) is 73.3 Å². The van der Waals surface area contributed by atoms with Crippen LogP contribution in [0.3, 0.4) is 0 Å². The summed E-state index contributed by atoms with van der Waals surface area (Å²) in [6.07, 6.45) is 10.2. The lowest BCUT2D eigenvalue weighted by molar-refractivity contribution is -0.124. The first-order valence-electron chi connectivity index (χ1n) is 12.3. The molecule has 6 nitrogen and oxygen atoms in total. The molecule has 36 heavy (non-hydrogen) atoms. The number of nitrogens with zero attached hydrogens (tertiary/aromatic N) is 2. The Morgan fingerprint density at radius 2 is 2.14 bits per heavy atom. The number of amides is 1. The Balaban J connectivity index is 1.42. The lowest BCUT2D eigenvalue weighted by atomic mass is 10.0. The highest BCUT2D eigenvalue weighted by Gasteiger charge is 2.29. The third-order valence-electron chi connectivity index (χ3n) is 7.38. The predicted octanol–water partition coefficient (Wildman–Crippen LogP) is 5.72. The monoisotopic (exact) mass is 502 g/mol. The van der Waals surface area contributed by atoms with E-state index in [0.717, 1.165) is 54.2 Å². The van der Waals surface area contributed by atoms with Crippen LogP contribution in [0.5, 0.6) is 0 Å². The molecule has 0 radical (unpaired) electrons. The minimum absolute atomic E-state index is 0.301. The van der Waals surface area contributed by atoms with Crippen molar-refractivity contribution in [2.75, 3.05) is 6.54 Å². The van der Waals surface area contributed by atoms with E-state index < -0.39 is 5.91 Å². The molecule has 5 rings (SSSR count). The SMILES string of the molecule is Cc1c(Cl)c[nH]c1CN(CCc1cn(C)c2ccccc12)C1CCc2cc(C=CC(=O)NO)ccc21. The molecule has 0 saturated carbocycles. The van der Waals surface area contributed by atoms with Gasteiger partial charge in [-0.15, -0.1) is 0 Å². The molecule has 3 N–H and O–H groups in total. The van der Waals surface area contributed by atoms with Gasteiger partial charge in [-0.1, -0.05) is 48.0 Å². The van der Waals surface area contributed by atoms with Crippen LogP contribution in [0.15, 0.2) is 60.9 Å². The van der Waals surface area contributed by atoms with Gasteiger partial charge in [-0.2, -0.15) is 0 Å². The van der Waals surface area contributed by atoms with Crippen LogP contribution in [-0.4, -0.2) is 32.1 Å². The smallest absolute Gasteiger partial charge is 0.267 e. The van der Waals surface area contributed by atoms with Gasteiger partial charge in [0.1, 0.15) is 0 Å². The molecule has 0 bridgehead atoms. The summed E-state index contributed by atoms with van der Waals surface area (Å²) in [7, 11) is 2.11. The molecular formula is C29H31ClN4O2. The summed E-state index contributed by atoms with van der Waals surface area (Å²) in [6, 6.07) is 15.3. The molecule has 2 heterocycles. The molecule has 1 amide bonds. The van der Waals surface area contributed by atoms with Gasteiger partial charge in [0, 0.05) is 61.2 Å². The molecule has 4 aromatic rings. The van der Waals surface area contributed by atoms with Crippen LogP contribution in [0.25, 0.3) is 17.0 Å². The van der Waals surface area contributed by atoms with Crippen molar-refractivity contribution < 1.29 is 10.0 Å². The Kier molecular flexibility index (Phi) is 7.01. The molecule has 1 aliphatic rings. The number of hydrogen-bond acceptors (Lipinski definition) is 3. The number of fused-ring (bicyclic) bond motifs is 2. The molecule has 1 aliphatic carbocycles. The Morgan fingerprint density at radius 1 is 1.31 bits per heavy atom. The van der Waals surface area contributed by atoms with Crippen LogP contribution in [0.1, 0.15) is 46.0 Å². The van der Waals surface area contributed by atoms with Crippen LogP contribution in [0.4, 0.5) is 0 Å². The number of carbonyl (C=O) groups excluding carboxylic acids is 1. The summed E-state index contributed by atoms with van der Waals surface area (Å²) in [5.74, 6) is -0.534. The van der Waals surface area contributed by atoms with Gasteiger partial charge in [0.25, 0.3) is 5.91 Å². The van der Waals surface area contributed by atoms with Crippen molar-refractivity contribution in [2.45, 2.75) is 38.8 Å². The van der Waals surface area contributed by atoms with Crippen LogP contribution < -0.4 is 5.48 Å². The van der Waals surface area contributed by atoms with Crippen LogP contribution in [-0.2, 0) is 31.2 Å². The summed E-state index contributed by atoms with van der Waals surface area (Å²) < 4.78 is 2.21. The number of aromatic nitrogens is 2. The van der Waals surface area contributed by atoms with Gasteiger partial charge in [0.05, 0.1) is 5.02 Å². The second-order valence-electron chi connectivity index (χ2n) is 9.57. The van der Waals surface area contributed by atoms with Crippen LogP contribution >= 0.6 is 11.6 Å². The zero-order valence-corrected chi connectivity index (χ0v) is 21.3. The van der Waals surface area contributed by atoms with Crippen LogP contribution in [0.2, 0.25) is 5.02 Å². The number of hydroxylamine groups is 1. The highest BCUT2D eigenvalue weighted by atomic mass is 35.5. The molecule has 0 fully saturated rings. The van der Waals surface area contributed by atoms with E-state index in [4.69, 9.17) is 16.8 Å². The largest absolute Gasteiger partial charge is 0.362 e. The second-order valence-corrected chi connectivity index (χ2v) is 9.97. The Bertz CT molecular complexity index is 1430. The summed E-state index contributed by atoms with van der Waals surface area (Å²) in [4.78, 5) is 17.3. The predicted molar refractivity (Wildman–Crippen MR) is 144 cm³/mol. The number of halogens is 1. The maximum atomic E-state index is 11.4. The minimum Gasteiger partial charge on any atom is -0.362 e. The summed E-state index contributed by atoms with van der Waals surface area (Å²) in [5, 5.41) is 10.8. The van der Waals surface area contributed by atoms with Gasteiger partial charge in [0.15, 0.2) is 0 Å². The zero-order chi connectivity index (χ0) is 25.2. The molecule has 2 aromatic heterocycles. The van der Waals surface area contributed by atoms with Crippen molar-refractivity contribution >= 4 is 34.5 Å². The van der Waals surface area contributed by atoms with Crippen molar-refractivity contribution in [3.05, 3.63) is 99.5 Å². The van der Waals surface area contributed by atoms with Crippen LogP contribution in [0, 0.1) is 6.92 Å². The van der Waals surface area contributed by atoms with E-state index in [1.165, 1.54) is 33.7 Å². The normalized spacial score (nSPS) is 15.3. The van der Waals surface area contributed by atoms with Gasteiger partial charge >= 0.3 is 0 Å². The number of rotatable bonds is 8. The molecule has 1 atom stereocenters. The molecule has 7 heteroatoms. The highest BCUT2D eigenvalue weighted by molar-refractivity contribution is 6.31. The number of carbonyl (C=O) groups is 1. The van der Waals surface area contributed by atoms with E-state index in [1.54, 1.807) is 11.6 Å². The second kappa shape index (κ2) is 10.3. The highest BCUT2D eigenvalue weighted by Crippen LogP contribution is 2.38. The van der Waals surface area contributed by atoms with Gasteiger partial charge in [-0.05, 0) is 66.1 Å². The lowest BCUT2D eigenvalue weighted by Gasteiger charge is -2.30. The first kappa shape index (κ1) is 24.4. The van der Waals surface area contributed by atoms with Gasteiger partial charge in [0.2, 0.25) is 0 Å². The van der Waals surface area contributed by atoms with Crippen molar-refractivity contribution in [1.82, 2.24) is 19.9 Å². The number of aromatic amines is 1. The summed E-state index contributed by atoms with van der Waals surface area (Å²) >= 11 is 6.37. The van der Waals surface area contributed by atoms with E-state index in [1.807, 2.05) is 12.3 Å². The van der Waals surface area contributed by atoms with Crippen molar-refractivity contribution in [2.24, 2.45) is 7.05 Å². The number of hydrogen-bond donors (Lipinski definition) is 3. The van der Waals surface area contributed by atoms with Gasteiger partial charge < -0.3 is 9.55 Å². The summed E-state index contributed by atoms with van der Waals surface area (Å²) in [5.41, 5.74) is 10.1. The van der Waals surface area contributed by atoms with E-state index in [2.05, 4.69) is 71.0 Å². The minimum atomic E-state index is -0.534. The first-order chi connectivity index (χ1) is 17.4. The third-order valence-corrected chi connectivity index (χ3v) is 7.78. The quantitative estimate of drug-likeness (QED) is 0.164. The number of nitrogens with one attached hydrogen (secondary N) is 2. The Labute approximate surface area is 216 Å². The van der Waals surface area contributed by atoms with E-state index >= 15 is 0 Å². The average Bonchev–Trinajstić information content (AvgIpc) is 3.56. The number of H-pyrrole nitrogens is 1. The van der Waals surface area contributed by atoms with Crippen molar-refractivity contribution in [3.8, 4) is 0 Å². The number of aryl methyl sites for hydroxylation is 2. The molecule has 0 aliphatic heterocycles. The fourth-order valence-corrected chi connectivity index (χ4v) is 5.59. The third kappa shape index (κ3) is 4.85. The molecule has 186 valence electrons. The van der Waals surface area contributed by atoms with E-state index in [9.17, 15) is 4.79 Å². The average molecular weight is 503 g/mol. The number of benzene rings is 2. The molecule has 0 saturated heterocycles. The van der Waals surface area contributed by atoms with E-state index in [0.29, 0.717) is 6.04 Å². The zero-order valence-electron chi connectivity index (χ0n) is 20.6. The first-order valence-corrected chi connectivity index (χ1v) is 12.7. The fraction of sp³-hybridized carbons (Fsp3) is 0.276. The maximum absolute atomic E-state index is 11.4. The van der Waals surface area contributed by atoms with Gasteiger partial charge in [-0.3, -0.25) is 14.9 Å². The molecule has 0 spiro atoms. The lowest BCUT2D eigenvalue weighted by Crippen LogP contribution is -2.29. The standard InChI is InChI=1S/C29H31ClN4O2/c1-19-25(30)16-31-26(19)18-34(14-13-22-17-33(2)27-6-4-3-5-23(22)27)28-11-9-21-15-20(7-10-24(21)28)8-12-29(35)32-36/h3-8,10,12,15-17,28,31,36H,9,11,13-14,18H2,1-2H3,(H,32,35). The van der Waals surface area contributed by atoms with Crippen molar-refractivity contribution in [3.63, 3.8) is 0 Å². The Morgan fingerprint density at radius 3 is 2.92 bits per heavy atom. The Hall–Kier alpha value is -3.32. The van der Waals surface area contributed by atoms with E-state index in [-0.39, 0.29) is 0 Å². The number of para-hydroxylation sites is 1.